The number of anilines is 1. The number of benzene rings is 3. The van der Waals surface area contributed by atoms with Crippen LogP contribution >= 0.6 is 11.9 Å². The van der Waals surface area contributed by atoms with Crippen molar-refractivity contribution in [3.05, 3.63) is 95.1 Å². The Labute approximate surface area is 204 Å². The maximum absolute atomic E-state index is 12.4. The maximum atomic E-state index is 12.4. The smallest absolute Gasteiger partial charge is 0.322 e. The van der Waals surface area contributed by atoms with Crippen LogP contribution in [0.2, 0.25) is 0 Å². The highest BCUT2D eigenvalue weighted by molar-refractivity contribution is 7.98. The van der Waals surface area contributed by atoms with E-state index in [2.05, 4.69) is 43.1 Å². The van der Waals surface area contributed by atoms with Crippen molar-refractivity contribution >= 4 is 35.5 Å². The van der Waals surface area contributed by atoms with Crippen LogP contribution in [0.25, 0.3) is 0 Å². The number of rotatable bonds is 6. The van der Waals surface area contributed by atoms with E-state index in [-0.39, 0.29) is 11.3 Å². The molecule has 0 bridgehead atoms. The number of aryl methyl sites for hydroxylation is 1. The highest BCUT2D eigenvalue weighted by Crippen LogP contribution is 2.22. The fourth-order valence-corrected chi connectivity index (χ4v) is 3.66. The average molecular weight is 476 g/mol. The summed E-state index contributed by atoms with van der Waals surface area (Å²) in [6.45, 7) is 8.35. The number of hydrogen-bond donors (Lipinski definition) is 3. The molecule has 6 nitrogen and oxygen atoms in total. The summed E-state index contributed by atoms with van der Waals surface area (Å²) in [4.78, 5) is 37.6. The molecule has 0 saturated carbocycles. The second-order valence-electron chi connectivity index (χ2n) is 8.84. The molecule has 0 heterocycles. The number of imide groups is 1. The topological polar surface area (TPSA) is 87.3 Å². The van der Waals surface area contributed by atoms with Gasteiger partial charge in [0.05, 0.1) is 0 Å². The van der Waals surface area contributed by atoms with Crippen molar-refractivity contribution in [3.8, 4) is 0 Å². The summed E-state index contributed by atoms with van der Waals surface area (Å²) in [5.41, 5.74) is 3.92. The molecule has 0 unspecified atom stereocenters. The maximum Gasteiger partial charge on any atom is 0.331 e. The Balaban J connectivity index is 1.48. The van der Waals surface area contributed by atoms with Crippen LogP contribution in [0.1, 0.15) is 59.5 Å². The third-order valence-electron chi connectivity index (χ3n) is 5.24. The number of carbonyl (C=O) groups excluding carboxylic acids is 3. The number of carbonyl (C=O) groups is 3. The van der Waals surface area contributed by atoms with E-state index in [0.29, 0.717) is 16.8 Å². The van der Waals surface area contributed by atoms with Gasteiger partial charge in [-0.1, -0.05) is 52.0 Å². The Morgan fingerprint density at radius 3 is 1.88 bits per heavy atom. The van der Waals surface area contributed by atoms with Crippen LogP contribution < -0.4 is 15.4 Å². The molecule has 0 aliphatic heterocycles. The van der Waals surface area contributed by atoms with E-state index in [4.69, 9.17) is 0 Å². The van der Waals surface area contributed by atoms with Gasteiger partial charge in [0, 0.05) is 21.7 Å². The summed E-state index contributed by atoms with van der Waals surface area (Å²) in [5, 5.41) is 5.17. The molecule has 3 aromatic carbocycles. The fourth-order valence-electron chi connectivity index (χ4n) is 3.13. The molecular formula is C27H29N3O3S. The fraction of sp³-hybridized carbons (Fsp3) is 0.222. The molecule has 7 heteroatoms. The van der Waals surface area contributed by atoms with Gasteiger partial charge in [0.25, 0.3) is 11.8 Å². The second-order valence-corrected chi connectivity index (χ2v) is 9.72. The first-order chi connectivity index (χ1) is 16.2. The Morgan fingerprint density at radius 2 is 1.32 bits per heavy atom. The van der Waals surface area contributed by atoms with Gasteiger partial charge in [-0.2, -0.15) is 0 Å². The van der Waals surface area contributed by atoms with Crippen molar-refractivity contribution < 1.29 is 14.4 Å². The number of amides is 4. The minimum Gasteiger partial charge on any atom is -0.322 e. The lowest BCUT2D eigenvalue weighted by Gasteiger charge is -2.19. The minimum absolute atomic E-state index is 0.0123. The second kappa shape index (κ2) is 11.0. The van der Waals surface area contributed by atoms with Gasteiger partial charge in [0.15, 0.2) is 0 Å². The van der Waals surface area contributed by atoms with Crippen LogP contribution in [0.15, 0.2) is 77.7 Å². The van der Waals surface area contributed by atoms with Gasteiger partial charge < -0.3 is 5.32 Å². The number of urea groups is 1. The van der Waals surface area contributed by atoms with Crippen molar-refractivity contribution in [2.24, 2.45) is 0 Å². The van der Waals surface area contributed by atoms with Crippen molar-refractivity contribution in [2.45, 2.75) is 44.4 Å². The molecule has 0 radical (unpaired) electrons. The molecule has 0 aliphatic carbocycles. The SMILES string of the molecule is CCc1ccc(C(=O)Nc2ccc(SNC(=O)NC(=O)c3ccc(C(C)(C)C)cc3)cc2)cc1. The van der Waals surface area contributed by atoms with Crippen LogP contribution in [-0.2, 0) is 11.8 Å². The lowest BCUT2D eigenvalue weighted by molar-refractivity contribution is 0.0964. The van der Waals surface area contributed by atoms with E-state index in [0.717, 1.165) is 28.8 Å². The molecule has 0 aromatic heterocycles. The van der Waals surface area contributed by atoms with E-state index in [1.54, 1.807) is 48.5 Å². The minimum atomic E-state index is -0.609. The molecule has 0 saturated heterocycles. The summed E-state index contributed by atoms with van der Waals surface area (Å²) in [6, 6.07) is 21.1. The van der Waals surface area contributed by atoms with Crippen LogP contribution in [0.4, 0.5) is 10.5 Å². The average Bonchev–Trinajstić information content (AvgIpc) is 2.83. The Kier molecular flexibility index (Phi) is 8.12. The quantitative estimate of drug-likeness (QED) is 0.385. The molecule has 3 rings (SSSR count). The predicted molar refractivity (Wildman–Crippen MR) is 137 cm³/mol. The van der Waals surface area contributed by atoms with Crippen LogP contribution in [-0.4, -0.2) is 17.8 Å². The largest absolute Gasteiger partial charge is 0.331 e. The van der Waals surface area contributed by atoms with Crippen molar-refractivity contribution in [1.82, 2.24) is 10.0 Å². The number of hydrogen-bond acceptors (Lipinski definition) is 4. The van der Waals surface area contributed by atoms with E-state index in [1.165, 1.54) is 5.56 Å². The standard InChI is InChI=1S/C27H29N3O3S/c1-5-18-6-8-19(9-7-18)24(31)28-22-14-16-23(17-15-22)34-30-26(33)29-25(32)20-10-12-21(13-11-20)27(2,3)4/h6-17H,5H2,1-4H3,(H,28,31)(H2,29,30,32,33). The monoisotopic (exact) mass is 475 g/mol. The van der Waals surface area contributed by atoms with E-state index >= 15 is 0 Å². The zero-order chi connectivity index (χ0) is 24.7. The summed E-state index contributed by atoms with van der Waals surface area (Å²) in [7, 11) is 0. The van der Waals surface area contributed by atoms with Gasteiger partial charge in [-0.25, -0.2) is 4.79 Å². The molecule has 0 atom stereocenters. The Hall–Kier alpha value is -3.58. The first kappa shape index (κ1) is 25.1. The van der Waals surface area contributed by atoms with Gasteiger partial charge in [-0.15, -0.1) is 0 Å². The summed E-state index contributed by atoms with van der Waals surface area (Å²) in [5.74, 6) is -0.654. The van der Waals surface area contributed by atoms with E-state index in [1.807, 2.05) is 24.3 Å². The molecule has 3 N–H and O–H groups in total. The molecule has 34 heavy (non-hydrogen) atoms. The van der Waals surface area contributed by atoms with Crippen molar-refractivity contribution in [1.29, 1.82) is 0 Å². The van der Waals surface area contributed by atoms with Crippen LogP contribution in [0.5, 0.6) is 0 Å². The highest BCUT2D eigenvalue weighted by Gasteiger charge is 2.15. The lowest BCUT2D eigenvalue weighted by atomic mass is 9.87. The van der Waals surface area contributed by atoms with Gasteiger partial charge in [0.1, 0.15) is 0 Å². The summed E-state index contributed by atoms with van der Waals surface area (Å²) >= 11 is 1.07. The molecule has 3 aromatic rings. The van der Waals surface area contributed by atoms with Gasteiger partial charge in [-0.05, 0) is 83.4 Å². The molecule has 0 spiro atoms. The van der Waals surface area contributed by atoms with Gasteiger partial charge in [-0.3, -0.25) is 19.6 Å². The first-order valence-electron chi connectivity index (χ1n) is 11.0. The van der Waals surface area contributed by atoms with E-state index in [9.17, 15) is 14.4 Å². The zero-order valence-electron chi connectivity index (χ0n) is 19.8. The molecule has 4 amide bonds. The van der Waals surface area contributed by atoms with E-state index < -0.39 is 11.9 Å². The normalized spacial score (nSPS) is 10.9. The van der Waals surface area contributed by atoms with Crippen LogP contribution in [0, 0.1) is 0 Å². The Morgan fingerprint density at radius 1 is 0.765 bits per heavy atom. The number of nitrogens with one attached hydrogen (secondary N) is 3. The van der Waals surface area contributed by atoms with Crippen LogP contribution in [0.3, 0.4) is 0 Å². The first-order valence-corrected chi connectivity index (χ1v) is 11.9. The summed E-state index contributed by atoms with van der Waals surface area (Å²) in [6.07, 6.45) is 0.922. The summed E-state index contributed by atoms with van der Waals surface area (Å²) < 4.78 is 2.59. The third kappa shape index (κ3) is 6.96. The zero-order valence-corrected chi connectivity index (χ0v) is 20.6. The molecular weight excluding hydrogens is 446 g/mol. The van der Waals surface area contributed by atoms with Crippen molar-refractivity contribution in [2.75, 3.05) is 5.32 Å². The highest BCUT2D eigenvalue weighted by atomic mass is 32.2. The third-order valence-corrected chi connectivity index (χ3v) is 6.03. The molecule has 0 fully saturated rings. The predicted octanol–water partition coefficient (Wildman–Crippen LogP) is 5.95. The van der Waals surface area contributed by atoms with Gasteiger partial charge >= 0.3 is 6.03 Å². The molecule has 176 valence electrons. The molecule has 0 aliphatic rings. The van der Waals surface area contributed by atoms with Gasteiger partial charge in [0.2, 0.25) is 0 Å². The van der Waals surface area contributed by atoms with Crippen molar-refractivity contribution in [3.63, 3.8) is 0 Å². The lowest BCUT2D eigenvalue weighted by Crippen LogP contribution is -2.36. The Bertz CT molecular complexity index is 1150.